The van der Waals surface area contributed by atoms with Gasteiger partial charge in [0.05, 0.1) is 0 Å². The fourth-order valence-electron chi connectivity index (χ4n) is 2.23. The Balaban J connectivity index is 2.03. The molecule has 0 saturated carbocycles. The molecule has 0 saturated heterocycles. The van der Waals surface area contributed by atoms with Crippen molar-refractivity contribution in [1.82, 2.24) is 0 Å². The Hall–Kier alpha value is -1.81. The summed E-state index contributed by atoms with van der Waals surface area (Å²) in [6, 6.07) is 7.18. The van der Waals surface area contributed by atoms with Crippen molar-refractivity contribution in [2.24, 2.45) is 0 Å². The maximum Gasteiger partial charge on any atom is 0.529 e. The zero-order valence-corrected chi connectivity index (χ0v) is 14.4. The zero-order chi connectivity index (χ0) is 16.9. The number of phenolic OH excluding ortho intramolecular Hbond substituents is 1. The Labute approximate surface area is 136 Å². The third-order valence-corrected chi connectivity index (χ3v) is 4.92. The lowest BCUT2D eigenvalue weighted by molar-refractivity contribution is 0.186. The minimum Gasteiger partial charge on any atom is -0.508 e. The molecule has 0 spiro atoms. The van der Waals surface area contributed by atoms with Crippen LogP contribution in [0.4, 0.5) is 0 Å². The lowest BCUT2D eigenvalue weighted by Crippen LogP contribution is -1.99. The molecule has 0 aliphatic heterocycles. The first kappa shape index (κ1) is 17.5. The molecule has 0 atom stereocenters. The standard InChI is InChI=1S/C17H21O5P/c1-13(12-14-4-8-16(18)9-5-14)15-6-10-17(11-7-15)22-23(19,20-2)21-3/h4-6,8-11,18H,7,12H2,1-3H3. The normalized spacial score (nSPS) is 16.9. The van der Waals surface area contributed by atoms with Crippen molar-refractivity contribution in [2.45, 2.75) is 19.8 Å². The largest absolute Gasteiger partial charge is 0.529 e. The number of phosphoric ester groups is 1. The summed E-state index contributed by atoms with van der Waals surface area (Å²) >= 11 is 0. The quantitative estimate of drug-likeness (QED) is 0.774. The number of aromatic hydroxyl groups is 1. The molecule has 23 heavy (non-hydrogen) atoms. The number of hydrogen-bond donors (Lipinski definition) is 1. The van der Waals surface area contributed by atoms with Crippen LogP contribution in [0.1, 0.15) is 18.9 Å². The van der Waals surface area contributed by atoms with Gasteiger partial charge in [-0.05, 0) is 55.2 Å². The van der Waals surface area contributed by atoms with Crippen LogP contribution in [0.2, 0.25) is 0 Å². The molecule has 0 aromatic heterocycles. The summed E-state index contributed by atoms with van der Waals surface area (Å²) in [6.45, 7) is 2.07. The van der Waals surface area contributed by atoms with Crippen molar-refractivity contribution in [3.05, 3.63) is 65.0 Å². The van der Waals surface area contributed by atoms with Gasteiger partial charge >= 0.3 is 7.82 Å². The molecule has 0 unspecified atom stereocenters. The van der Waals surface area contributed by atoms with Gasteiger partial charge in [-0.2, -0.15) is 0 Å². The molecule has 1 N–H and O–H groups in total. The topological polar surface area (TPSA) is 65.0 Å². The summed E-state index contributed by atoms with van der Waals surface area (Å²) in [7, 11) is -0.947. The maximum atomic E-state index is 11.9. The summed E-state index contributed by atoms with van der Waals surface area (Å²) in [6.07, 6.45) is 7.03. The van der Waals surface area contributed by atoms with Gasteiger partial charge in [0, 0.05) is 14.2 Å². The van der Waals surface area contributed by atoms with E-state index in [9.17, 15) is 9.67 Å². The van der Waals surface area contributed by atoms with Crippen LogP contribution in [-0.4, -0.2) is 19.3 Å². The van der Waals surface area contributed by atoms with Gasteiger partial charge in [-0.1, -0.05) is 23.8 Å². The van der Waals surface area contributed by atoms with Crippen molar-refractivity contribution in [3.8, 4) is 5.75 Å². The van der Waals surface area contributed by atoms with Crippen molar-refractivity contribution in [1.29, 1.82) is 0 Å². The molecule has 0 bridgehead atoms. The van der Waals surface area contributed by atoms with E-state index in [0.717, 1.165) is 12.0 Å². The van der Waals surface area contributed by atoms with Crippen LogP contribution < -0.4 is 0 Å². The van der Waals surface area contributed by atoms with E-state index >= 15 is 0 Å². The molecule has 2 rings (SSSR count). The van der Waals surface area contributed by atoms with Crippen LogP contribution in [0.15, 0.2) is 59.4 Å². The molecule has 0 amide bonds. The second-order valence-electron chi connectivity index (χ2n) is 5.20. The van der Waals surface area contributed by atoms with Gasteiger partial charge in [0.1, 0.15) is 11.5 Å². The highest BCUT2D eigenvalue weighted by molar-refractivity contribution is 7.48. The Morgan fingerprint density at radius 2 is 1.83 bits per heavy atom. The van der Waals surface area contributed by atoms with Gasteiger partial charge in [-0.25, -0.2) is 4.57 Å². The van der Waals surface area contributed by atoms with E-state index in [4.69, 9.17) is 13.6 Å². The predicted molar refractivity (Wildman–Crippen MR) is 89.1 cm³/mol. The smallest absolute Gasteiger partial charge is 0.508 e. The second kappa shape index (κ2) is 7.64. The Morgan fingerprint density at radius 1 is 1.17 bits per heavy atom. The first-order valence-electron chi connectivity index (χ1n) is 7.21. The monoisotopic (exact) mass is 336 g/mol. The highest BCUT2D eigenvalue weighted by Crippen LogP contribution is 2.50. The van der Waals surface area contributed by atoms with E-state index in [0.29, 0.717) is 12.2 Å². The van der Waals surface area contributed by atoms with Crippen LogP contribution in [0.3, 0.4) is 0 Å². The molecule has 5 nitrogen and oxygen atoms in total. The van der Waals surface area contributed by atoms with Crippen molar-refractivity contribution in [3.63, 3.8) is 0 Å². The van der Waals surface area contributed by atoms with Gasteiger partial charge < -0.3 is 9.63 Å². The van der Waals surface area contributed by atoms with E-state index < -0.39 is 7.82 Å². The van der Waals surface area contributed by atoms with Crippen LogP contribution in [-0.2, 0) is 24.6 Å². The SMILES string of the molecule is COP(=O)(OC)OC1=CCC(=C(C)Cc2ccc(O)cc2)C=C1. The van der Waals surface area contributed by atoms with Crippen molar-refractivity contribution >= 4 is 7.82 Å². The van der Waals surface area contributed by atoms with E-state index in [2.05, 4.69) is 6.92 Å². The highest BCUT2D eigenvalue weighted by Gasteiger charge is 2.25. The molecule has 1 aromatic rings. The van der Waals surface area contributed by atoms with Crippen LogP contribution in [0.25, 0.3) is 0 Å². The fraction of sp³-hybridized carbons (Fsp3) is 0.294. The third-order valence-electron chi connectivity index (χ3n) is 3.59. The molecule has 1 aliphatic rings. The highest BCUT2D eigenvalue weighted by atomic mass is 31.2. The molecule has 0 heterocycles. The average molecular weight is 336 g/mol. The summed E-state index contributed by atoms with van der Waals surface area (Å²) in [4.78, 5) is 0. The number of allylic oxidation sites excluding steroid dienone is 5. The summed E-state index contributed by atoms with van der Waals surface area (Å²) < 4.78 is 26.7. The van der Waals surface area contributed by atoms with Gasteiger partial charge in [-0.15, -0.1) is 0 Å². The van der Waals surface area contributed by atoms with E-state index in [1.807, 2.05) is 24.3 Å². The number of phenols is 1. The number of benzene rings is 1. The zero-order valence-electron chi connectivity index (χ0n) is 13.5. The second-order valence-corrected chi connectivity index (χ2v) is 7.00. The molecule has 6 heteroatoms. The van der Waals surface area contributed by atoms with Crippen LogP contribution in [0, 0.1) is 0 Å². The third kappa shape index (κ3) is 4.83. The van der Waals surface area contributed by atoms with E-state index in [-0.39, 0.29) is 5.75 Å². The summed E-state index contributed by atoms with van der Waals surface area (Å²) in [5.41, 5.74) is 3.54. The maximum absolute atomic E-state index is 11.9. The molecule has 124 valence electrons. The Morgan fingerprint density at radius 3 is 2.35 bits per heavy atom. The number of rotatable bonds is 6. The Kier molecular flexibility index (Phi) is 5.83. The Bertz CT molecular complexity index is 677. The van der Waals surface area contributed by atoms with Gasteiger partial charge in [0.25, 0.3) is 0 Å². The molecule has 0 radical (unpaired) electrons. The number of hydrogen-bond acceptors (Lipinski definition) is 5. The van der Waals surface area contributed by atoms with E-state index in [1.54, 1.807) is 18.2 Å². The van der Waals surface area contributed by atoms with E-state index in [1.165, 1.54) is 25.4 Å². The summed E-state index contributed by atoms with van der Waals surface area (Å²) in [5.74, 6) is 0.736. The summed E-state index contributed by atoms with van der Waals surface area (Å²) in [5, 5.41) is 9.31. The van der Waals surface area contributed by atoms with Gasteiger partial charge in [0.2, 0.25) is 0 Å². The molecular formula is C17H21O5P. The predicted octanol–water partition coefficient (Wildman–Crippen LogP) is 4.51. The first-order chi connectivity index (χ1) is 11.0. The molecule has 1 aromatic carbocycles. The molecule has 1 aliphatic carbocycles. The number of phosphoric acid groups is 1. The van der Waals surface area contributed by atoms with Gasteiger partial charge in [-0.3, -0.25) is 9.05 Å². The minimum atomic E-state index is -3.51. The first-order valence-corrected chi connectivity index (χ1v) is 8.67. The fourth-order valence-corrected chi connectivity index (χ4v) is 2.92. The van der Waals surface area contributed by atoms with Gasteiger partial charge in [0.15, 0.2) is 0 Å². The minimum absolute atomic E-state index is 0.266. The molecule has 0 fully saturated rings. The van der Waals surface area contributed by atoms with Crippen molar-refractivity contribution in [2.75, 3.05) is 14.2 Å². The van der Waals surface area contributed by atoms with Crippen LogP contribution >= 0.6 is 7.82 Å². The molecular weight excluding hydrogens is 315 g/mol. The lowest BCUT2D eigenvalue weighted by atomic mass is 9.96. The van der Waals surface area contributed by atoms with Crippen molar-refractivity contribution < 1.29 is 23.2 Å². The lowest BCUT2D eigenvalue weighted by Gasteiger charge is -2.17. The average Bonchev–Trinajstić information content (AvgIpc) is 2.57. The van der Waals surface area contributed by atoms with Crippen LogP contribution in [0.5, 0.6) is 5.75 Å².